The van der Waals surface area contributed by atoms with Crippen molar-refractivity contribution in [2.75, 3.05) is 6.54 Å². The molecule has 0 heterocycles. The van der Waals surface area contributed by atoms with Crippen LogP contribution in [0.1, 0.15) is 38.5 Å². The minimum Gasteiger partial charge on any atom is -0.392 e. The van der Waals surface area contributed by atoms with E-state index in [2.05, 4.69) is 0 Å². The summed E-state index contributed by atoms with van der Waals surface area (Å²) in [6.07, 6.45) is 7.36. The average Bonchev–Trinajstić information content (AvgIpc) is 2.52. The molecule has 2 heteroatoms. The first-order valence-corrected chi connectivity index (χ1v) is 4.71. The van der Waals surface area contributed by atoms with Crippen LogP contribution in [0, 0.1) is 5.92 Å². The third-order valence-electron chi connectivity index (χ3n) is 2.65. The van der Waals surface area contributed by atoms with E-state index in [9.17, 15) is 5.11 Å². The molecule has 0 radical (unpaired) electrons. The van der Waals surface area contributed by atoms with Crippen molar-refractivity contribution >= 4 is 0 Å². The first-order valence-electron chi connectivity index (χ1n) is 4.71. The summed E-state index contributed by atoms with van der Waals surface area (Å²) in [7, 11) is 0. The predicted octanol–water partition coefficient (Wildman–Crippen LogP) is 1.28. The molecule has 1 fully saturated rings. The van der Waals surface area contributed by atoms with Crippen LogP contribution in [0.5, 0.6) is 0 Å². The highest BCUT2D eigenvalue weighted by molar-refractivity contribution is 4.69. The summed E-state index contributed by atoms with van der Waals surface area (Å²) in [5.41, 5.74) is 5.31. The van der Waals surface area contributed by atoms with Gasteiger partial charge in [-0.15, -0.1) is 0 Å². The van der Waals surface area contributed by atoms with Gasteiger partial charge in [-0.05, 0) is 18.8 Å². The standard InChI is InChI=1S/C9H19NO/c10-7-9(11)6-5-8-3-1-2-4-8/h8-9,11H,1-7,10H2/t9-/m1/s1. The molecule has 66 valence electrons. The van der Waals surface area contributed by atoms with Gasteiger partial charge in [0.25, 0.3) is 0 Å². The lowest BCUT2D eigenvalue weighted by Gasteiger charge is -2.11. The Labute approximate surface area is 68.8 Å². The Hall–Kier alpha value is -0.0800. The van der Waals surface area contributed by atoms with E-state index in [4.69, 9.17) is 5.73 Å². The Balaban J connectivity index is 2.01. The molecule has 0 unspecified atom stereocenters. The van der Waals surface area contributed by atoms with Crippen LogP contribution in [0.3, 0.4) is 0 Å². The lowest BCUT2D eigenvalue weighted by molar-refractivity contribution is 0.162. The van der Waals surface area contributed by atoms with Gasteiger partial charge in [0.1, 0.15) is 0 Å². The van der Waals surface area contributed by atoms with Gasteiger partial charge in [-0.3, -0.25) is 0 Å². The summed E-state index contributed by atoms with van der Waals surface area (Å²) >= 11 is 0. The smallest absolute Gasteiger partial charge is 0.0662 e. The topological polar surface area (TPSA) is 46.2 Å². The van der Waals surface area contributed by atoms with Crippen LogP contribution >= 0.6 is 0 Å². The van der Waals surface area contributed by atoms with Crippen molar-refractivity contribution in [1.82, 2.24) is 0 Å². The molecule has 2 nitrogen and oxygen atoms in total. The van der Waals surface area contributed by atoms with Gasteiger partial charge in [0, 0.05) is 6.54 Å². The zero-order valence-corrected chi connectivity index (χ0v) is 7.13. The molecule has 0 aliphatic heterocycles. The molecule has 3 N–H and O–H groups in total. The summed E-state index contributed by atoms with van der Waals surface area (Å²) < 4.78 is 0. The molecule has 1 rings (SSSR count). The van der Waals surface area contributed by atoms with E-state index in [1.54, 1.807) is 0 Å². The van der Waals surface area contributed by atoms with Gasteiger partial charge >= 0.3 is 0 Å². The summed E-state index contributed by atoms with van der Waals surface area (Å²) in [6.45, 7) is 0.423. The fraction of sp³-hybridized carbons (Fsp3) is 1.00. The second-order valence-electron chi connectivity index (χ2n) is 3.62. The van der Waals surface area contributed by atoms with Crippen molar-refractivity contribution in [2.24, 2.45) is 11.7 Å². The van der Waals surface area contributed by atoms with Gasteiger partial charge in [-0.2, -0.15) is 0 Å². The number of nitrogens with two attached hydrogens (primary N) is 1. The van der Waals surface area contributed by atoms with Crippen molar-refractivity contribution in [2.45, 2.75) is 44.6 Å². The van der Waals surface area contributed by atoms with E-state index >= 15 is 0 Å². The molecule has 0 aromatic rings. The number of rotatable bonds is 4. The van der Waals surface area contributed by atoms with E-state index in [0.29, 0.717) is 6.54 Å². The Morgan fingerprint density at radius 3 is 2.55 bits per heavy atom. The third kappa shape index (κ3) is 3.21. The average molecular weight is 157 g/mol. The van der Waals surface area contributed by atoms with Crippen LogP contribution in [0.2, 0.25) is 0 Å². The zero-order valence-electron chi connectivity index (χ0n) is 7.13. The minimum atomic E-state index is -0.254. The molecule has 1 atom stereocenters. The minimum absolute atomic E-state index is 0.254. The quantitative estimate of drug-likeness (QED) is 0.645. The van der Waals surface area contributed by atoms with Crippen molar-refractivity contribution in [3.63, 3.8) is 0 Å². The monoisotopic (exact) mass is 157 g/mol. The van der Waals surface area contributed by atoms with Crippen LogP contribution in [-0.2, 0) is 0 Å². The molecular weight excluding hydrogens is 138 g/mol. The lowest BCUT2D eigenvalue weighted by atomic mass is 10.00. The van der Waals surface area contributed by atoms with Gasteiger partial charge in [0.05, 0.1) is 6.10 Å². The van der Waals surface area contributed by atoms with Gasteiger partial charge in [0.15, 0.2) is 0 Å². The third-order valence-corrected chi connectivity index (χ3v) is 2.65. The molecule has 0 spiro atoms. The van der Waals surface area contributed by atoms with Crippen molar-refractivity contribution in [3.05, 3.63) is 0 Å². The van der Waals surface area contributed by atoms with E-state index < -0.39 is 0 Å². The highest BCUT2D eigenvalue weighted by atomic mass is 16.3. The molecule has 1 saturated carbocycles. The number of aliphatic hydroxyl groups excluding tert-OH is 1. The largest absolute Gasteiger partial charge is 0.392 e. The van der Waals surface area contributed by atoms with Crippen LogP contribution in [0.4, 0.5) is 0 Å². The molecule has 1 aliphatic carbocycles. The molecule has 0 aromatic heterocycles. The SMILES string of the molecule is NC[C@H](O)CCC1CCCC1. The maximum atomic E-state index is 9.19. The maximum absolute atomic E-state index is 9.19. The van der Waals surface area contributed by atoms with Gasteiger partial charge in [0.2, 0.25) is 0 Å². The number of hydrogen-bond acceptors (Lipinski definition) is 2. The lowest BCUT2D eigenvalue weighted by Crippen LogP contribution is -2.20. The summed E-state index contributed by atoms with van der Waals surface area (Å²) in [6, 6.07) is 0. The first-order chi connectivity index (χ1) is 5.33. The molecule has 0 amide bonds. The van der Waals surface area contributed by atoms with Crippen LogP contribution < -0.4 is 5.73 Å². The molecular formula is C9H19NO. The summed E-state index contributed by atoms with van der Waals surface area (Å²) in [4.78, 5) is 0. The normalized spacial score (nSPS) is 22.4. The highest BCUT2D eigenvalue weighted by Crippen LogP contribution is 2.28. The van der Waals surface area contributed by atoms with Crippen molar-refractivity contribution in [1.29, 1.82) is 0 Å². The van der Waals surface area contributed by atoms with E-state index in [1.165, 1.54) is 32.1 Å². The molecule has 11 heavy (non-hydrogen) atoms. The second-order valence-corrected chi connectivity index (χ2v) is 3.62. The number of aliphatic hydroxyl groups is 1. The van der Waals surface area contributed by atoms with Crippen molar-refractivity contribution < 1.29 is 5.11 Å². The maximum Gasteiger partial charge on any atom is 0.0662 e. The molecule has 0 bridgehead atoms. The Morgan fingerprint density at radius 1 is 1.36 bits per heavy atom. The predicted molar refractivity (Wildman–Crippen MR) is 46.3 cm³/mol. The molecule has 0 aromatic carbocycles. The second kappa shape index (κ2) is 4.73. The van der Waals surface area contributed by atoms with Gasteiger partial charge < -0.3 is 10.8 Å². The van der Waals surface area contributed by atoms with E-state index in [1.807, 2.05) is 0 Å². The van der Waals surface area contributed by atoms with Crippen LogP contribution in [-0.4, -0.2) is 17.8 Å². The fourth-order valence-corrected chi connectivity index (χ4v) is 1.84. The van der Waals surface area contributed by atoms with E-state index in [-0.39, 0.29) is 6.10 Å². The highest BCUT2D eigenvalue weighted by Gasteiger charge is 2.15. The zero-order chi connectivity index (χ0) is 8.10. The Bertz CT molecular complexity index is 99.7. The Morgan fingerprint density at radius 2 is 2.00 bits per heavy atom. The van der Waals surface area contributed by atoms with E-state index in [0.717, 1.165) is 12.3 Å². The first kappa shape index (κ1) is 9.01. The van der Waals surface area contributed by atoms with Gasteiger partial charge in [-0.25, -0.2) is 0 Å². The Kier molecular flexibility index (Phi) is 3.87. The summed E-state index contributed by atoms with van der Waals surface area (Å²) in [5, 5.41) is 9.19. The summed E-state index contributed by atoms with van der Waals surface area (Å²) in [5.74, 6) is 0.885. The molecule has 0 saturated heterocycles. The van der Waals surface area contributed by atoms with Crippen LogP contribution in [0.25, 0.3) is 0 Å². The van der Waals surface area contributed by atoms with Gasteiger partial charge in [-0.1, -0.05) is 25.7 Å². The van der Waals surface area contributed by atoms with Crippen LogP contribution in [0.15, 0.2) is 0 Å². The number of hydrogen-bond donors (Lipinski definition) is 2. The fourth-order valence-electron chi connectivity index (χ4n) is 1.84. The van der Waals surface area contributed by atoms with Crippen molar-refractivity contribution in [3.8, 4) is 0 Å². The molecule has 1 aliphatic rings.